The Morgan fingerprint density at radius 3 is 2.04 bits per heavy atom. The molecule has 0 amide bonds. The number of cyclic esters (lactones) is 1. The van der Waals surface area contributed by atoms with Crippen molar-refractivity contribution in [3.63, 3.8) is 0 Å². The van der Waals surface area contributed by atoms with Crippen LogP contribution in [0.4, 0.5) is 0 Å². The van der Waals surface area contributed by atoms with Crippen molar-refractivity contribution in [2.45, 2.75) is 45.3 Å². The van der Waals surface area contributed by atoms with E-state index < -0.39 is 5.41 Å². The SMILES string of the molecule is CCC1C(Cn2ncc(C)c2C)OC(=O)C1(c1ccccc1)c1ccccc1. The lowest BCUT2D eigenvalue weighted by molar-refractivity contribution is -0.145. The molecule has 4 rings (SSSR count). The molecular weight excluding hydrogens is 348 g/mol. The van der Waals surface area contributed by atoms with Crippen molar-refractivity contribution in [2.24, 2.45) is 5.92 Å². The number of rotatable bonds is 5. The maximum absolute atomic E-state index is 13.5. The third kappa shape index (κ3) is 2.75. The molecule has 3 aromatic rings. The molecule has 0 radical (unpaired) electrons. The summed E-state index contributed by atoms with van der Waals surface area (Å²) >= 11 is 0. The number of carbonyl (C=O) groups excluding carboxylic acids is 1. The van der Waals surface area contributed by atoms with E-state index in [1.807, 2.05) is 71.5 Å². The molecule has 0 bridgehead atoms. The van der Waals surface area contributed by atoms with Gasteiger partial charge in [0, 0.05) is 11.6 Å². The Kier molecular flexibility index (Phi) is 4.80. The van der Waals surface area contributed by atoms with Crippen molar-refractivity contribution >= 4 is 5.97 Å². The fourth-order valence-electron chi connectivity index (χ4n) is 4.60. The minimum absolute atomic E-state index is 0.0220. The first kappa shape index (κ1) is 18.5. The quantitative estimate of drug-likeness (QED) is 0.620. The molecule has 0 spiro atoms. The van der Waals surface area contributed by atoms with E-state index in [4.69, 9.17) is 4.74 Å². The Labute approximate surface area is 166 Å². The third-order valence-corrected chi connectivity index (χ3v) is 6.18. The molecule has 0 aliphatic carbocycles. The molecule has 0 N–H and O–H groups in total. The van der Waals surface area contributed by atoms with Gasteiger partial charge in [0.2, 0.25) is 0 Å². The van der Waals surface area contributed by atoms with E-state index in [9.17, 15) is 4.79 Å². The molecule has 28 heavy (non-hydrogen) atoms. The number of nitrogens with zero attached hydrogens (tertiary/aromatic N) is 2. The van der Waals surface area contributed by atoms with Gasteiger partial charge in [-0.2, -0.15) is 5.10 Å². The van der Waals surface area contributed by atoms with Crippen molar-refractivity contribution in [1.29, 1.82) is 0 Å². The molecule has 1 aliphatic rings. The van der Waals surface area contributed by atoms with Gasteiger partial charge in [-0.1, -0.05) is 67.6 Å². The van der Waals surface area contributed by atoms with Crippen LogP contribution in [0.25, 0.3) is 0 Å². The lowest BCUT2D eigenvalue weighted by atomic mass is 9.64. The van der Waals surface area contributed by atoms with Gasteiger partial charge in [-0.05, 0) is 37.0 Å². The average molecular weight is 374 g/mol. The van der Waals surface area contributed by atoms with Crippen LogP contribution < -0.4 is 0 Å². The van der Waals surface area contributed by atoms with Crippen LogP contribution in [-0.2, 0) is 21.5 Å². The van der Waals surface area contributed by atoms with E-state index in [1.165, 1.54) is 0 Å². The van der Waals surface area contributed by atoms with Gasteiger partial charge >= 0.3 is 5.97 Å². The summed E-state index contributed by atoms with van der Waals surface area (Å²) < 4.78 is 8.02. The van der Waals surface area contributed by atoms with E-state index >= 15 is 0 Å². The second-order valence-electron chi connectivity index (χ2n) is 7.59. The Balaban J connectivity index is 1.83. The van der Waals surface area contributed by atoms with E-state index in [1.54, 1.807) is 0 Å². The molecule has 144 valence electrons. The van der Waals surface area contributed by atoms with Gasteiger partial charge in [-0.25, -0.2) is 0 Å². The Morgan fingerprint density at radius 1 is 1.00 bits per heavy atom. The smallest absolute Gasteiger partial charge is 0.321 e. The molecule has 4 heteroatoms. The van der Waals surface area contributed by atoms with Crippen molar-refractivity contribution < 1.29 is 9.53 Å². The standard InChI is InChI=1S/C24H26N2O2/c1-4-21-22(16-26-18(3)17(2)15-25-26)28-23(27)24(21,19-11-7-5-8-12-19)20-13-9-6-10-14-20/h5-15,21-22H,4,16H2,1-3H3. The summed E-state index contributed by atoms with van der Waals surface area (Å²) in [5.41, 5.74) is 3.46. The van der Waals surface area contributed by atoms with E-state index in [2.05, 4.69) is 25.9 Å². The first-order chi connectivity index (χ1) is 13.6. The van der Waals surface area contributed by atoms with Crippen molar-refractivity contribution in [2.75, 3.05) is 0 Å². The topological polar surface area (TPSA) is 44.1 Å². The zero-order valence-electron chi connectivity index (χ0n) is 16.6. The number of ether oxygens (including phenoxy) is 1. The van der Waals surface area contributed by atoms with E-state index in [0.29, 0.717) is 6.54 Å². The number of benzene rings is 2. The zero-order valence-corrected chi connectivity index (χ0v) is 16.6. The molecule has 1 aliphatic heterocycles. The number of aromatic nitrogens is 2. The minimum Gasteiger partial charge on any atom is -0.459 e. The molecule has 1 saturated heterocycles. The molecule has 2 unspecified atom stereocenters. The summed E-state index contributed by atoms with van der Waals surface area (Å²) in [6, 6.07) is 20.1. The van der Waals surface area contributed by atoms with Gasteiger partial charge in [-0.3, -0.25) is 9.48 Å². The van der Waals surface area contributed by atoms with Crippen LogP contribution in [0, 0.1) is 19.8 Å². The minimum atomic E-state index is -0.794. The van der Waals surface area contributed by atoms with Crippen molar-refractivity contribution in [3.8, 4) is 0 Å². The number of aryl methyl sites for hydroxylation is 1. The first-order valence-electron chi connectivity index (χ1n) is 9.90. The second kappa shape index (κ2) is 7.27. The van der Waals surface area contributed by atoms with Crippen LogP contribution in [0.3, 0.4) is 0 Å². The molecule has 2 atom stereocenters. The van der Waals surface area contributed by atoms with Crippen LogP contribution in [0.2, 0.25) is 0 Å². The number of esters is 1. The lowest BCUT2D eigenvalue weighted by Crippen LogP contribution is -2.41. The predicted octanol–water partition coefficient (Wildman–Crippen LogP) is 4.44. The molecule has 1 aromatic heterocycles. The predicted molar refractivity (Wildman–Crippen MR) is 109 cm³/mol. The number of hydrogen-bond donors (Lipinski definition) is 0. The fourth-order valence-corrected chi connectivity index (χ4v) is 4.60. The fraction of sp³-hybridized carbons (Fsp3) is 0.333. The summed E-state index contributed by atoms with van der Waals surface area (Å²) in [5, 5.41) is 4.49. The number of hydrogen-bond acceptors (Lipinski definition) is 3. The first-order valence-corrected chi connectivity index (χ1v) is 9.90. The Hall–Kier alpha value is -2.88. The second-order valence-corrected chi connectivity index (χ2v) is 7.59. The lowest BCUT2D eigenvalue weighted by Gasteiger charge is -2.33. The van der Waals surface area contributed by atoms with Crippen LogP contribution in [0.15, 0.2) is 66.9 Å². The molecule has 2 heterocycles. The van der Waals surface area contributed by atoms with Gasteiger partial charge in [0.25, 0.3) is 0 Å². The van der Waals surface area contributed by atoms with Gasteiger partial charge in [0.15, 0.2) is 0 Å². The molecular formula is C24H26N2O2. The Morgan fingerprint density at radius 2 is 1.57 bits per heavy atom. The maximum Gasteiger partial charge on any atom is 0.321 e. The van der Waals surface area contributed by atoms with Crippen LogP contribution in [-0.4, -0.2) is 21.9 Å². The van der Waals surface area contributed by atoms with Crippen LogP contribution in [0.1, 0.15) is 35.7 Å². The highest BCUT2D eigenvalue weighted by Crippen LogP contribution is 2.49. The third-order valence-electron chi connectivity index (χ3n) is 6.18. The molecule has 2 aromatic carbocycles. The van der Waals surface area contributed by atoms with Crippen LogP contribution >= 0.6 is 0 Å². The van der Waals surface area contributed by atoms with Crippen LogP contribution in [0.5, 0.6) is 0 Å². The monoisotopic (exact) mass is 374 g/mol. The van der Waals surface area contributed by atoms with Crippen molar-refractivity contribution in [3.05, 3.63) is 89.2 Å². The van der Waals surface area contributed by atoms with Gasteiger partial charge in [0.05, 0.1) is 12.7 Å². The highest BCUT2D eigenvalue weighted by atomic mass is 16.6. The average Bonchev–Trinajstić information content (AvgIpc) is 3.20. The maximum atomic E-state index is 13.5. The van der Waals surface area contributed by atoms with Gasteiger partial charge in [0.1, 0.15) is 11.5 Å². The van der Waals surface area contributed by atoms with E-state index in [0.717, 1.165) is 28.8 Å². The normalized spacial score (nSPS) is 20.9. The number of carbonyl (C=O) groups is 1. The highest BCUT2D eigenvalue weighted by Gasteiger charge is 2.58. The Bertz CT molecular complexity index is 923. The largest absolute Gasteiger partial charge is 0.459 e. The molecule has 4 nitrogen and oxygen atoms in total. The summed E-state index contributed by atoms with van der Waals surface area (Å²) in [4.78, 5) is 13.5. The zero-order chi connectivity index (χ0) is 19.7. The highest BCUT2D eigenvalue weighted by molar-refractivity contribution is 5.90. The molecule has 0 saturated carbocycles. The van der Waals surface area contributed by atoms with Gasteiger partial charge in [-0.15, -0.1) is 0 Å². The summed E-state index contributed by atoms with van der Waals surface area (Å²) in [5.74, 6) is -0.142. The summed E-state index contributed by atoms with van der Waals surface area (Å²) in [7, 11) is 0. The summed E-state index contributed by atoms with van der Waals surface area (Å²) in [6.07, 6.45) is 2.48. The van der Waals surface area contributed by atoms with Gasteiger partial charge < -0.3 is 4.74 Å². The molecule has 1 fully saturated rings. The van der Waals surface area contributed by atoms with Crippen molar-refractivity contribution in [1.82, 2.24) is 9.78 Å². The van der Waals surface area contributed by atoms with E-state index in [-0.39, 0.29) is 18.0 Å². The summed E-state index contributed by atoms with van der Waals surface area (Å²) in [6.45, 7) is 6.82.